The molecular weight excluding hydrogens is 272 g/mol. The quantitative estimate of drug-likeness (QED) is 0.910. The van der Waals surface area contributed by atoms with Gasteiger partial charge in [-0.1, -0.05) is 20.8 Å². The summed E-state index contributed by atoms with van der Waals surface area (Å²) in [4.78, 5) is 15.9. The molecule has 0 saturated carbocycles. The number of hydrogen-bond acceptors (Lipinski definition) is 3. The van der Waals surface area contributed by atoms with Crippen molar-refractivity contribution >= 4 is 27.7 Å². The van der Waals surface area contributed by atoms with E-state index >= 15 is 0 Å². The second-order valence-electron chi connectivity index (χ2n) is 4.39. The van der Waals surface area contributed by atoms with Crippen molar-refractivity contribution in [3.05, 3.63) is 16.6 Å². The van der Waals surface area contributed by atoms with Crippen LogP contribution in [0.2, 0.25) is 0 Å². The van der Waals surface area contributed by atoms with Crippen molar-refractivity contribution < 1.29 is 9.53 Å². The third-order valence-electron chi connectivity index (χ3n) is 1.94. The predicted octanol–water partition coefficient (Wildman–Crippen LogP) is 2.84. The van der Waals surface area contributed by atoms with Crippen molar-refractivity contribution in [2.45, 2.75) is 20.8 Å². The van der Waals surface area contributed by atoms with Gasteiger partial charge in [-0.15, -0.1) is 0 Å². The molecule has 0 atom stereocenters. The summed E-state index contributed by atoms with van der Waals surface area (Å²) in [6.07, 6.45) is 0. The average Bonchev–Trinajstić information content (AvgIpc) is 2.19. The number of methoxy groups -OCH3 is 1. The lowest BCUT2D eigenvalue weighted by Gasteiger charge is -2.17. The zero-order chi connectivity index (χ0) is 12.3. The van der Waals surface area contributed by atoms with Gasteiger partial charge >= 0.3 is 0 Å². The van der Waals surface area contributed by atoms with Crippen molar-refractivity contribution in [2.24, 2.45) is 5.41 Å². The number of carbonyl (C=O) groups excluding carboxylic acids is 1. The number of pyridine rings is 1. The maximum Gasteiger partial charge on any atom is 0.230 e. The van der Waals surface area contributed by atoms with Gasteiger partial charge in [0.25, 0.3) is 0 Å². The summed E-state index contributed by atoms with van der Waals surface area (Å²) < 4.78 is 5.72. The maximum absolute atomic E-state index is 11.8. The molecule has 0 aromatic carbocycles. The third-order valence-corrected chi connectivity index (χ3v) is 2.58. The van der Waals surface area contributed by atoms with Crippen molar-refractivity contribution in [3.8, 4) is 5.88 Å². The van der Waals surface area contributed by atoms with Crippen LogP contribution in [-0.2, 0) is 4.79 Å². The fourth-order valence-corrected chi connectivity index (χ4v) is 1.24. The second kappa shape index (κ2) is 4.82. The smallest absolute Gasteiger partial charge is 0.230 e. The first kappa shape index (κ1) is 13.0. The third kappa shape index (κ3) is 3.20. The van der Waals surface area contributed by atoms with Crippen LogP contribution in [0.1, 0.15) is 20.8 Å². The minimum Gasteiger partial charge on any atom is -0.481 e. The van der Waals surface area contributed by atoms with Crippen molar-refractivity contribution in [2.75, 3.05) is 12.4 Å². The molecule has 0 aliphatic heterocycles. The molecule has 0 aliphatic carbocycles. The summed E-state index contributed by atoms with van der Waals surface area (Å²) >= 11 is 3.32. The van der Waals surface area contributed by atoms with Gasteiger partial charge in [0.05, 0.1) is 11.6 Å². The highest BCUT2D eigenvalue weighted by atomic mass is 79.9. The van der Waals surface area contributed by atoms with Gasteiger partial charge in [0, 0.05) is 11.5 Å². The number of hydrogen-bond donors (Lipinski definition) is 1. The molecule has 0 spiro atoms. The highest BCUT2D eigenvalue weighted by molar-refractivity contribution is 9.10. The van der Waals surface area contributed by atoms with Gasteiger partial charge in [0.15, 0.2) is 5.82 Å². The highest BCUT2D eigenvalue weighted by Gasteiger charge is 2.22. The van der Waals surface area contributed by atoms with E-state index in [1.165, 1.54) is 7.11 Å². The summed E-state index contributed by atoms with van der Waals surface area (Å²) in [5.41, 5.74) is -0.454. The number of aromatic nitrogens is 1. The molecule has 1 aromatic rings. The van der Waals surface area contributed by atoms with Gasteiger partial charge in [-0.3, -0.25) is 4.79 Å². The lowest BCUT2D eigenvalue weighted by molar-refractivity contribution is -0.123. The van der Waals surface area contributed by atoms with E-state index in [4.69, 9.17) is 4.74 Å². The van der Waals surface area contributed by atoms with E-state index in [-0.39, 0.29) is 5.91 Å². The molecule has 0 bridgehead atoms. The molecule has 0 aliphatic rings. The standard InChI is InChI=1S/C11H15BrN2O2/c1-11(2,3)10(15)14-9-7(12)5-6-8(13-9)16-4/h5-6H,1-4H3,(H,13,14,15). The molecule has 0 fully saturated rings. The number of halogens is 1. The second-order valence-corrected chi connectivity index (χ2v) is 5.24. The van der Waals surface area contributed by atoms with Gasteiger partial charge in [0.1, 0.15) is 0 Å². The number of carbonyl (C=O) groups is 1. The number of amides is 1. The van der Waals surface area contributed by atoms with Crippen LogP contribution in [0.3, 0.4) is 0 Å². The molecule has 0 radical (unpaired) electrons. The molecule has 5 heteroatoms. The minimum atomic E-state index is -0.454. The number of nitrogens with zero attached hydrogens (tertiary/aromatic N) is 1. The van der Waals surface area contributed by atoms with Gasteiger partial charge in [-0.05, 0) is 22.0 Å². The maximum atomic E-state index is 11.8. The molecule has 1 heterocycles. The Labute approximate surface area is 104 Å². The Kier molecular flexibility index (Phi) is 3.91. The summed E-state index contributed by atoms with van der Waals surface area (Å²) in [5, 5.41) is 2.75. The summed E-state index contributed by atoms with van der Waals surface area (Å²) in [5.74, 6) is 0.848. The van der Waals surface area contributed by atoms with Gasteiger partial charge in [-0.25, -0.2) is 0 Å². The molecule has 4 nitrogen and oxygen atoms in total. The Morgan fingerprint density at radius 2 is 2.06 bits per heavy atom. The number of ether oxygens (including phenoxy) is 1. The van der Waals surface area contributed by atoms with E-state index < -0.39 is 5.41 Å². The Balaban J connectivity index is 2.92. The van der Waals surface area contributed by atoms with Crippen LogP contribution >= 0.6 is 15.9 Å². The fourth-order valence-electron chi connectivity index (χ4n) is 0.921. The monoisotopic (exact) mass is 286 g/mol. The summed E-state index contributed by atoms with van der Waals surface area (Å²) in [6.45, 7) is 5.53. The van der Waals surface area contributed by atoms with E-state index in [1.54, 1.807) is 12.1 Å². The number of anilines is 1. The summed E-state index contributed by atoms with van der Waals surface area (Å²) in [7, 11) is 1.53. The predicted molar refractivity (Wildman–Crippen MR) is 66.6 cm³/mol. The molecule has 88 valence electrons. The molecule has 16 heavy (non-hydrogen) atoms. The molecule has 0 saturated heterocycles. The van der Waals surface area contributed by atoms with Crippen molar-refractivity contribution in [1.82, 2.24) is 4.98 Å². The van der Waals surface area contributed by atoms with Crippen LogP contribution in [0.4, 0.5) is 5.82 Å². The Bertz CT molecular complexity index is 399. The fraction of sp³-hybridized carbons (Fsp3) is 0.455. The first-order chi connectivity index (χ1) is 7.34. The Morgan fingerprint density at radius 1 is 1.44 bits per heavy atom. The largest absolute Gasteiger partial charge is 0.481 e. The zero-order valence-electron chi connectivity index (χ0n) is 9.80. The zero-order valence-corrected chi connectivity index (χ0v) is 11.4. The average molecular weight is 287 g/mol. The van der Waals surface area contributed by atoms with Crippen molar-refractivity contribution in [3.63, 3.8) is 0 Å². The van der Waals surface area contributed by atoms with E-state index in [0.29, 0.717) is 11.7 Å². The Hall–Kier alpha value is -1.10. The van der Waals surface area contributed by atoms with Gasteiger partial charge in [0.2, 0.25) is 11.8 Å². The van der Waals surface area contributed by atoms with Crippen LogP contribution in [0.15, 0.2) is 16.6 Å². The first-order valence-electron chi connectivity index (χ1n) is 4.86. The van der Waals surface area contributed by atoms with Gasteiger partial charge < -0.3 is 10.1 Å². The lowest BCUT2D eigenvalue weighted by atomic mass is 9.96. The molecule has 1 aromatic heterocycles. The van der Waals surface area contributed by atoms with Crippen LogP contribution in [0, 0.1) is 5.41 Å². The van der Waals surface area contributed by atoms with E-state index in [1.807, 2.05) is 20.8 Å². The van der Waals surface area contributed by atoms with E-state index in [9.17, 15) is 4.79 Å². The topological polar surface area (TPSA) is 51.2 Å². The molecule has 1 rings (SSSR count). The molecule has 0 unspecified atom stereocenters. The summed E-state index contributed by atoms with van der Waals surface area (Å²) in [6, 6.07) is 3.50. The number of rotatable bonds is 2. The molecule has 1 N–H and O–H groups in total. The number of nitrogens with one attached hydrogen (secondary N) is 1. The van der Waals surface area contributed by atoms with Crippen LogP contribution in [0.5, 0.6) is 5.88 Å². The van der Waals surface area contributed by atoms with E-state index in [2.05, 4.69) is 26.2 Å². The normalized spacial score (nSPS) is 11.1. The first-order valence-corrected chi connectivity index (χ1v) is 5.66. The Morgan fingerprint density at radius 3 is 2.56 bits per heavy atom. The molecular formula is C11H15BrN2O2. The lowest BCUT2D eigenvalue weighted by Crippen LogP contribution is -2.28. The molecule has 1 amide bonds. The van der Waals surface area contributed by atoms with Crippen LogP contribution in [-0.4, -0.2) is 18.0 Å². The van der Waals surface area contributed by atoms with Crippen molar-refractivity contribution in [1.29, 1.82) is 0 Å². The van der Waals surface area contributed by atoms with Gasteiger partial charge in [-0.2, -0.15) is 4.98 Å². The SMILES string of the molecule is COc1ccc(Br)c(NC(=O)C(C)(C)C)n1. The minimum absolute atomic E-state index is 0.0889. The van der Waals surface area contributed by atoms with Crippen LogP contribution < -0.4 is 10.1 Å². The van der Waals surface area contributed by atoms with E-state index in [0.717, 1.165) is 4.47 Å². The highest BCUT2D eigenvalue weighted by Crippen LogP contribution is 2.25. The van der Waals surface area contributed by atoms with Crippen LogP contribution in [0.25, 0.3) is 0 Å².